The van der Waals surface area contributed by atoms with Crippen molar-refractivity contribution in [3.05, 3.63) is 83.1 Å². The van der Waals surface area contributed by atoms with Crippen molar-refractivity contribution in [3.63, 3.8) is 0 Å². The molecule has 8 nitrogen and oxygen atoms in total. The van der Waals surface area contributed by atoms with Gasteiger partial charge in [0.2, 0.25) is 0 Å². The van der Waals surface area contributed by atoms with Gasteiger partial charge in [-0.1, -0.05) is 29.8 Å². The second-order valence-electron chi connectivity index (χ2n) is 11.2. The number of hydrogen-bond donors (Lipinski definition) is 1. The molecule has 5 rings (SSSR count). The van der Waals surface area contributed by atoms with Crippen LogP contribution < -0.4 is 14.4 Å². The number of pyridine rings is 1. The number of nitrogens with zero attached hydrogens (tertiary/aromatic N) is 3. The number of fused-ring (bicyclic) bond motifs is 1. The lowest BCUT2D eigenvalue weighted by Crippen LogP contribution is -2.65. The van der Waals surface area contributed by atoms with Crippen LogP contribution in [0.2, 0.25) is 5.02 Å². The van der Waals surface area contributed by atoms with Gasteiger partial charge in [-0.2, -0.15) is 0 Å². The van der Waals surface area contributed by atoms with Gasteiger partial charge in [0.25, 0.3) is 0 Å². The van der Waals surface area contributed by atoms with Crippen LogP contribution in [0.25, 0.3) is 0 Å². The number of anilines is 1. The van der Waals surface area contributed by atoms with Gasteiger partial charge in [-0.25, -0.2) is 9.59 Å². The largest absolute Gasteiger partial charge is 0.511 e. The number of benzene rings is 2. The van der Waals surface area contributed by atoms with Crippen molar-refractivity contribution in [2.75, 3.05) is 31.6 Å². The van der Waals surface area contributed by atoms with E-state index in [9.17, 15) is 14.7 Å². The third-order valence-corrected chi connectivity index (χ3v) is 8.94. The highest BCUT2D eigenvalue weighted by Gasteiger charge is 2.55. The van der Waals surface area contributed by atoms with E-state index in [2.05, 4.69) is 9.88 Å². The minimum absolute atomic E-state index is 0.0207. The fourth-order valence-electron chi connectivity index (χ4n) is 6.54. The fourth-order valence-corrected chi connectivity index (χ4v) is 6.91. The average molecular weight is 565 g/mol. The summed E-state index contributed by atoms with van der Waals surface area (Å²) in [5.74, 6) is 0.917. The number of carbonyl (C=O) groups is 2. The Bertz CT molecular complexity index is 1390. The van der Waals surface area contributed by atoms with Crippen molar-refractivity contribution in [2.24, 2.45) is 0 Å². The van der Waals surface area contributed by atoms with Crippen LogP contribution in [-0.4, -0.2) is 59.4 Å². The van der Waals surface area contributed by atoms with Crippen LogP contribution in [0.3, 0.4) is 0 Å². The maximum absolute atomic E-state index is 15.0. The first kappa shape index (κ1) is 27.9. The summed E-state index contributed by atoms with van der Waals surface area (Å²) in [5.41, 5.74) is 1.81. The van der Waals surface area contributed by atoms with Crippen LogP contribution in [0.1, 0.15) is 50.3 Å². The van der Waals surface area contributed by atoms with Crippen LogP contribution in [0.5, 0.6) is 11.5 Å². The van der Waals surface area contributed by atoms with Gasteiger partial charge in [-0.05, 0) is 55.8 Å². The lowest BCUT2D eigenvalue weighted by molar-refractivity contribution is -0.895. The molecule has 0 radical (unpaired) electrons. The summed E-state index contributed by atoms with van der Waals surface area (Å²) < 4.78 is 11.1. The van der Waals surface area contributed by atoms with Crippen molar-refractivity contribution < 1.29 is 28.7 Å². The fraction of sp³-hybridized carbons (Fsp3) is 0.387. The molecule has 2 aliphatic heterocycles. The molecule has 2 aliphatic rings. The molecular formula is C31H35ClN3O5+. The van der Waals surface area contributed by atoms with Gasteiger partial charge in [-0.15, -0.1) is 0 Å². The third-order valence-electron chi connectivity index (χ3n) is 8.61. The van der Waals surface area contributed by atoms with Crippen LogP contribution in [0.4, 0.5) is 10.5 Å². The number of aromatic nitrogens is 1. The van der Waals surface area contributed by atoms with Gasteiger partial charge in [0.1, 0.15) is 23.0 Å². The summed E-state index contributed by atoms with van der Waals surface area (Å²) >= 11 is 6.65. The molecule has 0 bridgehead atoms. The molecule has 9 heteroatoms. The summed E-state index contributed by atoms with van der Waals surface area (Å²) in [6.07, 6.45) is 4.43. The van der Waals surface area contributed by atoms with E-state index in [1.165, 1.54) is 0 Å². The molecule has 0 spiro atoms. The maximum atomic E-state index is 15.0. The molecule has 2 atom stereocenters. The summed E-state index contributed by atoms with van der Waals surface area (Å²) in [7, 11) is 2.04. The van der Waals surface area contributed by atoms with E-state index in [4.69, 9.17) is 21.1 Å². The Balaban J connectivity index is 1.57. The second kappa shape index (κ2) is 11.1. The Hall–Kier alpha value is -3.62. The van der Waals surface area contributed by atoms with Gasteiger partial charge in [0, 0.05) is 55.5 Å². The first-order valence-corrected chi connectivity index (χ1v) is 14.0. The number of likely N-dealkylation sites (N-methyl/N-ethyl adjacent to an activating group) is 1. The van der Waals surface area contributed by atoms with Crippen molar-refractivity contribution in [1.82, 2.24) is 4.98 Å². The Morgan fingerprint density at radius 3 is 2.45 bits per heavy atom. The number of carboxylic acid groups (broad SMARTS) is 1. The predicted molar refractivity (Wildman–Crippen MR) is 153 cm³/mol. The SMILES string of the molecule is CC(C)(C(=O)[N+](C)(C1CCN(c2ccncc2)CC1)C1CCOc2ccc(OC(=O)O)cc21)c1ccccc1Cl. The van der Waals surface area contributed by atoms with Crippen LogP contribution in [0.15, 0.2) is 67.0 Å². The molecule has 2 unspecified atom stereocenters. The van der Waals surface area contributed by atoms with E-state index in [0.29, 0.717) is 23.8 Å². The van der Waals surface area contributed by atoms with Crippen molar-refractivity contribution in [1.29, 1.82) is 0 Å². The number of halogens is 1. The van der Waals surface area contributed by atoms with E-state index in [-0.39, 0.29) is 28.2 Å². The molecule has 0 saturated carbocycles. The van der Waals surface area contributed by atoms with E-state index < -0.39 is 11.6 Å². The lowest BCUT2D eigenvalue weighted by Gasteiger charge is -2.51. The normalized spacial score (nSPS) is 19.2. The number of hydrogen-bond acceptors (Lipinski definition) is 6. The Kier molecular flexibility index (Phi) is 7.75. The molecule has 3 aromatic rings. The maximum Gasteiger partial charge on any atom is 0.511 e. The van der Waals surface area contributed by atoms with Gasteiger partial charge in [0.15, 0.2) is 0 Å². The minimum Gasteiger partial charge on any atom is -0.493 e. The molecule has 1 saturated heterocycles. The molecule has 1 amide bonds. The summed E-state index contributed by atoms with van der Waals surface area (Å²) in [6.45, 7) is 5.97. The zero-order valence-electron chi connectivity index (χ0n) is 23.0. The van der Waals surface area contributed by atoms with Crippen molar-refractivity contribution in [3.8, 4) is 11.5 Å². The van der Waals surface area contributed by atoms with E-state index in [1.807, 2.05) is 57.3 Å². The first-order chi connectivity index (χ1) is 19.1. The molecule has 3 heterocycles. The molecule has 1 aromatic heterocycles. The minimum atomic E-state index is -1.38. The molecule has 0 aliphatic carbocycles. The second-order valence-corrected chi connectivity index (χ2v) is 11.6. The van der Waals surface area contributed by atoms with Crippen LogP contribution in [0, 0.1) is 0 Å². The Labute approximate surface area is 239 Å². The monoisotopic (exact) mass is 564 g/mol. The van der Waals surface area contributed by atoms with Gasteiger partial charge < -0.3 is 19.5 Å². The van der Waals surface area contributed by atoms with Crippen LogP contribution in [-0.2, 0) is 10.2 Å². The average Bonchev–Trinajstić information content (AvgIpc) is 2.96. The number of ether oxygens (including phenoxy) is 2. The topological polar surface area (TPSA) is 89.0 Å². The Morgan fingerprint density at radius 2 is 1.77 bits per heavy atom. The van der Waals surface area contributed by atoms with Crippen molar-refractivity contribution >= 4 is 29.4 Å². The molecule has 40 heavy (non-hydrogen) atoms. The van der Waals surface area contributed by atoms with E-state index in [0.717, 1.165) is 42.7 Å². The molecule has 210 valence electrons. The number of quaternary nitrogens is 1. The van der Waals surface area contributed by atoms with E-state index >= 15 is 0 Å². The summed E-state index contributed by atoms with van der Waals surface area (Å²) in [5, 5.41) is 9.79. The third kappa shape index (κ3) is 5.13. The quantitative estimate of drug-likeness (QED) is 0.215. The first-order valence-electron chi connectivity index (χ1n) is 13.6. The van der Waals surface area contributed by atoms with Gasteiger partial charge >= 0.3 is 12.1 Å². The summed E-state index contributed by atoms with van der Waals surface area (Å²) in [4.78, 5) is 32.8. The predicted octanol–water partition coefficient (Wildman–Crippen LogP) is 6.24. The molecule has 1 fully saturated rings. The zero-order valence-corrected chi connectivity index (χ0v) is 23.8. The highest BCUT2D eigenvalue weighted by atomic mass is 35.5. The number of rotatable bonds is 6. The summed E-state index contributed by atoms with van der Waals surface area (Å²) in [6, 6.07) is 16.3. The zero-order chi connectivity index (χ0) is 28.5. The smallest absolute Gasteiger partial charge is 0.493 e. The van der Waals surface area contributed by atoms with Gasteiger partial charge in [0.05, 0.1) is 25.3 Å². The highest BCUT2D eigenvalue weighted by Crippen LogP contribution is 2.47. The lowest BCUT2D eigenvalue weighted by atomic mass is 9.79. The van der Waals surface area contributed by atoms with Gasteiger partial charge in [-0.3, -0.25) is 9.47 Å². The van der Waals surface area contributed by atoms with Crippen molar-refractivity contribution in [2.45, 2.75) is 50.6 Å². The number of carbonyl (C=O) groups excluding carboxylic acids is 1. The molecule has 1 N–H and O–H groups in total. The Morgan fingerprint density at radius 1 is 1.07 bits per heavy atom. The number of amides is 1. The molecule has 2 aromatic carbocycles. The standard InChI is InChI=1S/C31H34ClN3O5/c1-31(2,25-6-4-5-7-26(25)32)29(36)35(3,22-12-17-34(18-13-22)21-10-15-33-16-11-21)27-14-19-39-28-9-8-23(20-24(27)28)40-30(37)38/h4-11,15-16,20,22,27H,12-14,17-19H2,1-3H3/p+1. The van der Waals surface area contributed by atoms with Crippen LogP contribution >= 0.6 is 11.6 Å². The highest BCUT2D eigenvalue weighted by molar-refractivity contribution is 6.31. The number of piperidine rings is 1. The van der Waals surface area contributed by atoms with E-state index in [1.54, 1.807) is 30.6 Å². The molecular weight excluding hydrogens is 530 g/mol.